The molecular weight excluding hydrogens is 336 g/mol. The van der Waals surface area contributed by atoms with E-state index in [1.807, 2.05) is 13.0 Å². The minimum Gasteiger partial charge on any atom is -0.478 e. The summed E-state index contributed by atoms with van der Waals surface area (Å²) in [5.74, 6) is -2.78. The molecule has 0 radical (unpaired) electrons. The number of aliphatic carboxylic acids is 1. The second-order valence-electron chi connectivity index (χ2n) is 6.63. The fourth-order valence-corrected chi connectivity index (χ4v) is 3.08. The highest BCUT2D eigenvalue weighted by atomic mass is 16.6. The molecule has 2 aliphatic rings. The zero-order valence-corrected chi connectivity index (χ0v) is 15.3. The second-order valence-corrected chi connectivity index (χ2v) is 6.63. The zero-order chi connectivity index (χ0) is 19.4. The van der Waals surface area contributed by atoms with Crippen molar-refractivity contribution in [3.05, 3.63) is 47.1 Å². The van der Waals surface area contributed by atoms with Crippen molar-refractivity contribution in [2.45, 2.75) is 52.2 Å². The summed E-state index contributed by atoms with van der Waals surface area (Å²) in [6, 6.07) is 0. The number of carboxylic acids is 1. The highest BCUT2D eigenvalue weighted by molar-refractivity contribution is 5.92. The number of esters is 2. The van der Waals surface area contributed by atoms with Crippen LogP contribution in [0.4, 0.5) is 0 Å². The first-order valence-electron chi connectivity index (χ1n) is 8.57. The van der Waals surface area contributed by atoms with Crippen LogP contribution in [-0.4, -0.2) is 35.2 Å². The van der Waals surface area contributed by atoms with Crippen molar-refractivity contribution >= 4 is 17.9 Å². The molecule has 1 aliphatic carbocycles. The van der Waals surface area contributed by atoms with Gasteiger partial charge in [0.1, 0.15) is 12.2 Å². The minimum atomic E-state index is -1.07. The molecule has 6 heteroatoms. The molecule has 1 fully saturated rings. The molecule has 0 aromatic carbocycles. The summed E-state index contributed by atoms with van der Waals surface area (Å²) in [6.45, 7) is 9.01. The van der Waals surface area contributed by atoms with Crippen molar-refractivity contribution < 1.29 is 29.0 Å². The Hall–Kier alpha value is -2.63. The van der Waals surface area contributed by atoms with Crippen LogP contribution in [-0.2, 0) is 23.9 Å². The van der Waals surface area contributed by atoms with Crippen LogP contribution in [0.1, 0.15) is 40.0 Å². The van der Waals surface area contributed by atoms with Gasteiger partial charge in [0.15, 0.2) is 0 Å². The van der Waals surface area contributed by atoms with Gasteiger partial charge in [-0.15, -0.1) is 0 Å². The average Bonchev–Trinajstić information content (AvgIpc) is 2.85. The largest absolute Gasteiger partial charge is 0.478 e. The van der Waals surface area contributed by atoms with E-state index >= 15 is 0 Å². The molecule has 6 nitrogen and oxygen atoms in total. The lowest BCUT2D eigenvalue weighted by atomic mass is 9.85. The van der Waals surface area contributed by atoms with Crippen LogP contribution in [0.5, 0.6) is 0 Å². The van der Waals surface area contributed by atoms with Crippen molar-refractivity contribution in [3.8, 4) is 0 Å². The summed E-state index contributed by atoms with van der Waals surface area (Å²) in [6.07, 6.45) is 4.81. The molecule has 0 spiro atoms. The zero-order valence-electron chi connectivity index (χ0n) is 15.3. The maximum absolute atomic E-state index is 12.3. The van der Waals surface area contributed by atoms with Crippen molar-refractivity contribution in [1.29, 1.82) is 0 Å². The minimum absolute atomic E-state index is 0.0121. The van der Waals surface area contributed by atoms with Crippen LogP contribution in [0.15, 0.2) is 47.1 Å². The third-order valence-electron chi connectivity index (χ3n) is 4.75. The number of carboxylic acid groups (broad SMARTS) is 1. The third kappa shape index (κ3) is 4.31. The van der Waals surface area contributed by atoms with Gasteiger partial charge in [-0.05, 0) is 39.7 Å². The normalized spacial score (nSPS) is 27.0. The Morgan fingerprint density at radius 1 is 1.42 bits per heavy atom. The molecule has 0 aromatic rings. The SMILES string of the molecule is C=C1C(=O)O[C@@H]2C=C(C)CCC=C(C(=O)O)C[C@@H](OC(=O)/C(C)=C\C)[C@@H]12. The van der Waals surface area contributed by atoms with Gasteiger partial charge in [0.25, 0.3) is 0 Å². The second kappa shape index (κ2) is 8.17. The fraction of sp³-hybridized carbons (Fsp3) is 0.450. The van der Waals surface area contributed by atoms with E-state index in [4.69, 9.17) is 9.47 Å². The monoisotopic (exact) mass is 360 g/mol. The maximum atomic E-state index is 12.3. The predicted octanol–water partition coefficient (Wildman–Crippen LogP) is 3.10. The molecule has 3 atom stereocenters. The van der Waals surface area contributed by atoms with E-state index in [0.717, 1.165) is 5.57 Å². The van der Waals surface area contributed by atoms with E-state index in [-0.39, 0.29) is 17.6 Å². The summed E-state index contributed by atoms with van der Waals surface area (Å²) in [5, 5.41) is 9.49. The summed E-state index contributed by atoms with van der Waals surface area (Å²) < 4.78 is 11.0. The van der Waals surface area contributed by atoms with E-state index in [0.29, 0.717) is 18.4 Å². The van der Waals surface area contributed by atoms with Crippen LogP contribution in [0, 0.1) is 5.92 Å². The van der Waals surface area contributed by atoms with Gasteiger partial charge in [-0.3, -0.25) is 0 Å². The molecule has 1 heterocycles. The molecule has 26 heavy (non-hydrogen) atoms. The summed E-state index contributed by atoms with van der Waals surface area (Å²) in [5.41, 5.74) is 1.73. The highest BCUT2D eigenvalue weighted by Gasteiger charge is 2.45. The lowest BCUT2D eigenvalue weighted by molar-refractivity contribution is -0.148. The first kappa shape index (κ1) is 19.7. The number of fused-ring (bicyclic) bond motifs is 1. The van der Waals surface area contributed by atoms with Gasteiger partial charge in [0.2, 0.25) is 0 Å². The molecule has 1 saturated heterocycles. The van der Waals surface area contributed by atoms with Crippen molar-refractivity contribution in [1.82, 2.24) is 0 Å². The molecule has 0 aromatic heterocycles. The Balaban J connectivity index is 2.46. The lowest BCUT2D eigenvalue weighted by Gasteiger charge is -2.27. The standard InChI is InChI=1S/C20H24O6/c1-5-12(3)19(23)25-16-10-14(18(21)22)8-6-7-11(2)9-15-17(16)13(4)20(24)26-15/h5,8-9,15-17H,4,6-7,10H2,1-3H3,(H,21,22)/b11-9?,12-5-,14-8?/t15-,16-,17+/m1/s1. The van der Waals surface area contributed by atoms with E-state index in [1.54, 1.807) is 26.0 Å². The molecule has 0 saturated carbocycles. The topological polar surface area (TPSA) is 89.9 Å². The predicted molar refractivity (Wildman–Crippen MR) is 95.1 cm³/mol. The Morgan fingerprint density at radius 3 is 2.73 bits per heavy atom. The lowest BCUT2D eigenvalue weighted by Crippen LogP contribution is -2.34. The van der Waals surface area contributed by atoms with Crippen LogP contribution >= 0.6 is 0 Å². The third-order valence-corrected chi connectivity index (χ3v) is 4.75. The summed E-state index contributed by atoms with van der Waals surface area (Å²) >= 11 is 0. The Kier molecular flexibility index (Phi) is 6.18. The molecule has 140 valence electrons. The maximum Gasteiger partial charge on any atom is 0.334 e. The summed E-state index contributed by atoms with van der Waals surface area (Å²) in [4.78, 5) is 35.9. The van der Waals surface area contributed by atoms with E-state index in [2.05, 4.69) is 6.58 Å². The van der Waals surface area contributed by atoms with Gasteiger partial charge >= 0.3 is 17.9 Å². The highest BCUT2D eigenvalue weighted by Crippen LogP contribution is 2.36. The van der Waals surface area contributed by atoms with Crippen LogP contribution in [0.2, 0.25) is 0 Å². The van der Waals surface area contributed by atoms with Crippen molar-refractivity contribution in [2.24, 2.45) is 5.92 Å². The van der Waals surface area contributed by atoms with Gasteiger partial charge in [-0.1, -0.05) is 24.3 Å². The quantitative estimate of drug-likeness (QED) is 0.472. The molecule has 0 bridgehead atoms. The number of carbonyl (C=O) groups is 3. The van der Waals surface area contributed by atoms with E-state index in [9.17, 15) is 19.5 Å². The molecule has 0 unspecified atom stereocenters. The Morgan fingerprint density at radius 2 is 2.12 bits per heavy atom. The Labute approximate surface area is 152 Å². The summed E-state index contributed by atoms with van der Waals surface area (Å²) in [7, 11) is 0. The first-order chi connectivity index (χ1) is 12.2. The number of allylic oxidation sites excluding steroid dienone is 3. The molecular formula is C20H24O6. The number of carbonyl (C=O) groups excluding carboxylic acids is 2. The number of rotatable bonds is 3. The molecule has 1 N–H and O–H groups in total. The van der Waals surface area contributed by atoms with Crippen molar-refractivity contribution in [2.75, 3.05) is 0 Å². The molecule has 2 rings (SSSR count). The van der Waals surface area contributed by atoms with Crippen LogP contribution < -0.4 is 0 Å². The molecule has 0 amide bonds. The average molecular weight is 360 g/mol. The van der Waals surface area contributed by atoms with Gasteiger partial charge in [0, 0.05) is 23.1 Å². The van der Waals surface area contributed by atoms with Gasteiger partial charge in [-0.2, -0.15) is 0 Å². The van der Waals surface area contributed by atoms with Crippen LogP contribution in [0.25, 0.3) is 0 Å². The smallest absolute Gasteiger partial charge is 0.334 e. The number of ether oxygens (including phenoxy) is 2. The van der Waals surface area contributed by atoms with Crippen LogP contribution in [0.3, 0.4) is 0 Å². The molecule has 1 aliphatic heterocycles. The number of hydrogen-bond donors (Lipinski definition) is 1. The van der Waals surface area contributed by atoms with Gasteiger partial charge in [-0.25, -0.2) is 14.4 Å². The van der Waals surface area contributed by atoms with E-state index < -0.39 is 36.0 Å². The van der Waals surface area contributed by atoms with Crippen molar-refractivity contribution in [3.63, 3.8) is 0 Å². The Bertz CT molecular complexity index is 725. The van der Waals surface area contributed by atoms with Gasteiger partial charge < -0.3 is 14.6 Å². The van der Waals surface area contributed by atoms with Gasteiger partial charge in [0.05, 0.1) is 5.92 Å². The fourth-order valence-electron chi connectivity index (χ4n) is 3.08. The first-order valence-corrected chi connectivity index (χ1v) is 8.57. The number of hydrogen-bond acceptors (Lipinski definition) is 5. The van der Waals surface area contributed by atoms with E-state index in [1.165, 1.54) is 0 Å².